The summed E-state index contributed by atoms with van der Waals surface area (Å²) in [6.45, 7) is 15.7. The molecule has 0 aliphatic carbocycles. The zero-order chi connectivity index (χ0) is 19.6. The fraction of sp³-hybridized carbons (Fsp3) is 0.417. The molecule has 3 aromatic heterocycles. The van der Waals surface area contributed by atoms with E-state index >= 15 is 0 Å². The Morgan fingerprint density at radius 2 is 1.56 bits per heavy atom. The molecule has 3 heteroatoms. The maximum Gasteiger partial charge on any atom is 0.147 e. The molecule has 0 N–H and O–H groups in total. The first-order valence-electron chi connectivity index (χ1n) is 9.86. The fourth-order valence-corrected chi connectivity index (χ4v) is 3.83. The van der Waals surface area contributed by atoms with Crippen molar-refractivity contribution < 1.29 is 0 Å². The quantitative estimate of drug-likeness (QED) is 0.405. The number of benzene rings is 1. The SMILES string of the molecule is CCc1cc(C(C)(C)C)nc2cc(C(C)(C)C)n3c4ccccc4nc3c12. The van der Waals surface area contributed by atoms with E-state index in [0.29, 0.717) is 0 Å². The van der Waals surface area contributed by atoms with Crippen LogP contribution in [-0.2, 0) is 17.3 Å². The predicted octanol–water partition coefficient (Wildman–Crippen LogP) is 6.19. The summed E-state index contributed by atoms with van der Waals surface area (Å²) in [5.41, 5.74) is 8.03. The summed E-state index contributed by atoms with van der Waals surface area (Å²) in [4.78, 5) is 10.1. The standard InChI is InChI=1S/C24H29N3/c1-8-15-13-19(23(2,3)4)25-17-14-20(24(5,6)7)27-18-12-10-9-11-16(18)26-22(27)21(15)17/h9-14H,8H2,1-7H3. The van der Waals surface area contributed by atoms with Gasteiger partial charge in [-0.25, -0.2) is 4.98 Å². The van der Waals surface area contributed by atoms with Gasteiger partial charge in [0.2, 0.25) is 0 Å². The Hall–Kier alpha value is -2.42. The van der Waals surface area contributed by atoms with Crippen molar-refractivity contribution in [3.63, 3.8) is 0 Å². The zero-order valence-electron chi connectivity index (χ0n) is 17.5. The van der Waals surface area contributed by atoms with Crippen LogP contribution in [0.5, 0.6) is 0 Å². The van der Waals surface area contributed by atoms with E-state index in [-0.39, 0.29) is 10.8 Å². The van der Waals surface area contributed by atoms with Gasteiger partial charge < -0.3 is 0 Å². The number of rotatable bonds is 1. The maximum atomic E-state index is 5.10. The van der Waals surface area contributed by atoms with Gasteiger partial charge in [-0.05, 0) is 36.2 Å². The smallest absolute Gasteiger partial charge is 0.147 e. The molecular weight excluding hydrogens is 330 g/mol. The minimum absolute atomic E-state index is 0.0122. The highest BCUT2D eigenvalue weighted by Gasteiger charge is 2.25. The molecule has 140 valence electrons. The summed E-state index contributed by atoms with van der Waals surface area (Å²) in [5, 5.41) is 1.19. The van der Waals surface area contributed by atoms with Crippen molar-refractivity contribution in [2.75, 3.05) is 0 Å². The van der Waals surface area contributed by atoms with Crippen LogP contribution in [0, 0.1) is 0 Å². The first-order chi connectivity index (χ1) is 12.6. The molecule has 4 rings (SSSR count). The van der Waals surface area contributed by atoms with Gasteiger partial charge in [-0.3, -0.25) is 9.38 Å². The highest BCUT2D eigenvalue weighted by Crippen LogP contribution is 2.35. The minimum Gasteiger partial charge on any atom is -0.295 e. The molecule has 0 saturated heterocycles. The Kier molecular flexibility index (Phi) is 3.85. The van der Waals surface area contributed by atoms with Gasteiger partial charge in [0, 0.05) is 27.6 Å². The summed E-state index contributed by atoms with van der Waals surface area (Å²) in [7, 11) is 0. The third-order valence-corrected chi connectivity index (χ3v) is 5.35. The Bertz CT molecular complexity index is 1170. The van der Waals surface area contributed by atoms with Crippen LogP contribution in [-0.4, -0.2) is 14.4 Å². The lowest BCUT2D eigenvalue weighted by atomic mass is 9.88. The van der Waals surface area contributed by atoms with Gasteiger partial charge in [0.25, 0.3) is 0 Å². The van der Waals surface area contributed by atoms with Crippen LogP contribution in [0.15, 0.2) is 36.4 Å². The lowest BCUT2D eigenvalue weighted by Crippen LogP contribution is -2.18. The molecule has 3 nitrogen and oxygen atoms in total. The maximum absolute atomic E-state index is 5.10. The third-order valence-electron chi connectivity index (χ3n) is 5.35. The van der Waals surface area contributed by atoms with Crippen LogP contribution in [0.4, 0.5) is 0 Å². The molecule has 0 bridgehead atoms. The molecule has 4 aromatic rings. The topological polar surface area (TPSA) is 30.2 Å². The largest absolute Gasteiger partial charge is 0.295 e. The van der Waals surface area contributed by atoms with E-state index < -0.39 is 0 Å². The number of nitrogens with zero attached hydrogens (tertiary/aromatic N) is 3. The normalized spacial score (nSPS) is 13.1. The van der Waals surface area contributed by atoms with Crippen LogP contribution in [0.25, 0.3) is 27.6 Å². The highest BCUT2D eigenvalue weighted by molar-refractivity contribution is 5.99. The second kappa shape index (κ2) is 5.79. The number of imidazole rings is 1. The number of aromatic nitrogens is 3. The Balaban J connectivity index is 2.27. The van der Waals surface area contributed by atoms with E-state index in [1.165, 1.54) is 22.2 Å². The van der Waals surface area contributed by atoms with Gasteiger partial charge in [0.05, 0.1) is 16.6 Å². The summed E-state index contributed by atoms with van der Waals surface area (Å²) in [5.74, 6) is 0. The first kappa shape index (κ1) is 18.0. The molecule has 27 heavy (non-hydrogen) atoms. The van der Waals surface area contributed by atoms with Crippen LogP contribution in [0.3, 0.4) is 0 Å². The van der Waals surface area contributed by atoms with Crippen LogP contribution >= 0.6 is 0 Å². The second-order valence-electron chi connectivity index (χ2n) is 9.57. The molecule has 1 aromatic carbocycles. The summed E-state index contributed by atoms with van der Waals surface area (Å²) >= 11 is 0. The number of hydrogen-bond acceptors (Lipinski definition) is 2. The molecule has 0 unspecified atom stereocenters. The highest BCUT2D eigenvalue weighted by atomic mass is 15.0. The molecule has 0 fully saturated rings. The average molecular weight is 360 g/mol. The molecule has 0 aliphatic heterocycles. The predicted molar refractivity (Wildman–Crippen MR) is 115 cm³/mol. The van der Waals surface area contributed by atoms with Gasteiger partial charge in [-0.2, -0.15) is 0 Å². The van der Waals surface area contributed by atoms with E-state index in [1.54, 1.807) is 0 Å². The Labute approximate surface area is 161 Å². The summed E-state index contributed by atoms with van der Waals surface area (Å²) in [6, 6.07) is 13.0. The monoisotopic (exact) mass is 359 g/mol. The molecule has 0 saturated carbocycles. The first-order valence-corrected chi connectivity index (χ1v) is 9.86. The van der Waals surface area contributed by atoms with Gasteiger partial charge in [0.1, 0.15) is 5.65 Å². The van der Waals surface area contributed by atoms with E-state index in [9.17, 15) is 0 Å². The van der Waals surface area contributed by atoms with Crippen molar-refractivity contribution in [2.24, 2.45) is 0 Å². The van der Waals surface area contributed by atoms with Crippen molar-refractivity contribution in [1.29, 1.82) is 0 Å². The summed E-state index contributed by atoms with van der Waals surface area (Å²) < 4.78 is 2.34. The molecule has 3 heterocycles. The minimum atomic E-state index is -0.0122. The van der Waals surface area contributed by atoms with Gasteiger partial charge in [-0.1, -0.05) is 60.6 Å². The molecule has 0 aliphatic rings. The third kappa shape index (κ3) is 2.80. The summed E-state index contributed by atoms with van der Waals surface area (Å²) in [6.07, 6.45) is 0.968. The van der Waals surface area contributed by atoms with Crippen molar-refractivity contribution in [3.05, 3.63) is 53.3 Å². The molecular formula is C24H29N3. The van der Waals surface area contributed by atoms with Crippen molar-refractivity contribution >= 4 is 27.6 Å². The van der Waals surface area contributed by atoms with Gasteiger partial charge in [-0.15, -0.1) is 0 Å². The lowest BCUT2D eigenvalue weighted by Gasteiger charge is -2.24. The van der Waals surface area contributed by atoms with Crippen molar-refractivity contribution in [1.82, 2.24) is 14.4 Å². The van der Waals surface area contributed by atoms with Gasteiger partial charge in [0.15, 0.2) is 0 Å². The fourth-order valence-electron chi connectivity index (χ4n) is 3.83. The number of hydrogen-bond donors (Lipinski definition) is 0. The molecule has 0 atom stereocenters. The van der Waals surface area contributed by atoms with E-state index in [4.69, 9.17) is 9.97 Å². The molecule has 0 radical (unpaired) electrons. The van der Waals surface area contributed by atoms with Crippen LogP contribution in [0.2, 0.25) is 0 Å². The zero-order valence-corrected chi connectivity index (χ0v) is 17.5. The molecule has 0 amide bonds. The lowest BCUT2D eigenvalue weighted by molar-refractivity contribution is 0.562. The molecule has 0 spiro atoms. The second-order valence-corrected chi connectivity index (χ2v) is 9.57. The van der Waals surface area contributed by atoms with E-state index in [0.717, 1.165) is 28.8 Å². The number of pyridine rings is 2. The van der Waals surface area contributed by atoms with Crippen molar-refractivity contribution in [3.8, 4) is 0 Å². The average Bonchev–Trinajstić information content (AvgIpc) is 2.97. The number of para-hydroxylation sites is 2. The van der Waals surface area contributed by atoms with E-state index in [1.807, 2.05) is 0 Å². The Morgan fingerprint density at radius 1 is 0.852 bits per heavy atom. The van der Waals surface area contributed by atoms with Crippen LogP contribution < -0.4 is 0 Å². The van der Waals surface area contributed by atoms with Crippen molar-refractivity contribution in [2.45, 2.75) is 65.7 Å². The van der Waals surface area contributed by atoms with Crippen LogP contribution in [0.1, 0.15) is 65.4 Å². The number of aryl methyl sites for hydroxylation is 1. The number of fused-ring (bicyclic) bond motifs is 5. The Morgan fingerprint density at radius 3 is 2.19 bits per heavy atom. The van der Waals surface area contributed by atoms with Gasteiger partial charge >= 0.3 is 0 Å². The van der Waals surface area contributed by atoms with E-state index in [2.05, 4.69) is 89.3 Å².